The molecular weight excluding hydrogens is 214 g/mol. The van der Waals surface area contributed by atoms with Gasteiger partial charge in [0.25, 0.3) is 0 Å². The molecule has 1 saturated carbocycles. The summed E-state index contributed by atoms with van der Waals surface area (Å²) < 4.78 is 5.50. The van der Waals surface area contributed by atoms with Crippen molar-refractivity contribution in [3.05, 3.63) is 30.1 Å². The smallest absolute Gasteiger partial charge is 0.312 e. The summed E-state index contributed by atoms with van der Waals surface area (Å²) in [6.07, 6.45) is 9.08. The van der Waals surface area contributed by atoms with Crippen molar-refractivity contribution in [2.24, 2.45) is 0 Å². The summed E-state index contributed by atoms with van der Waals surface area (Å²) in [6, 6.07) is 5.59. The molecule has 17 heavy (non-hydrogen) atoms. The van der Waals surface area contributed by atoms with Gasteiger partial charge in [0.05, 0.1) is 12.1 Å². The molecule has 0 aliphatic heterocycles. The van der Waals surface area contributed by atoms with Gasteiger partial charge in [0.1, 0.15) is 6.10 Å². The fourth-order valence-electron chi connectivity index (χ4n) is 2.24. The maximum Gasteiger partial charge on any atom is 0.312 e. The van der Waals surface area contributed by atoms with Gasteiger partial charge in [0.15, 0.2) is 0 Å². The molecule has 0 saturated heterocycles. The lowest BCUT2D eigenvalue weighted by Gasteiger charge is -2.15. The van der Waals surface area contributed by atoms with Gasteiger partial charge >= 0.3 is 5.97 Å². The van der Waals surface area contributed by atoms with Gasteiger partial charge in [-0.2, -0.15) is 0 Å². The van der Waals surface area contributed by atoms with E-state index in [2.05, 4.69) is 4.98 Å². The quantitative estimate of drug-likeness (QED) is 0.595. The molecular formula is C14H19NO2. The third kappa shape index (κ3) is 4.17. The van der Waals surface area contributed by atoms with Gasteiger partial charge in [-0.25, -0.2) is 0 Å². The highest BCUT2D eigenvalue weighted by Crippen LogP contribution is 2.20. The van der Waals surface area contributed by atoms with Gasteiger partial charge in [0.2, 0.25) is 0 Å². The number of ether oxygens (including phenoxy) is 1. The van der Waals surface area contributed by atoms with E-state index in [0.29, 0.717) is 0 Å². The van der Waals surface area contributed by atoms with Crippen LogP contribution in [0.1, 0.15) is 44.2 Å². The summed E-state index contributed by atoms with van der Waals surface area (Å²) in [4.78, 5) is 15.9. The van der Waals surface area contributed by atoms with Crippen LogP contribution in [0.5, 0.6) is 0 Å². The van der Waals surface area contributed by atoms with Crippen molar-refractivity contribution in [2.75, 3.05) is 0 Å². The zero-order valence-electron chi connectivity index (χ0n) is 10.1. The van der Waals surface area contributed by atoms with E-state index in [4.69, 9.17) is 4.74 Å². The Morgan fingerprint density at radius 3 is 2.65 bits per heavy atom. The Labute approximate surface area is 102 Å². The Kier molecular flexibility index (Phi) is 4.54. The normalized spacial score (nSPS) is 17.4. The number of carbonyl (C=O) groups excluding carboxylic acids is 1. The fourth-order valence-corrected chi connectivity index (χ4v) is 2.24. The molecule has 0 spiro atoms. The van der Waals surface area contributed by atoms with Gasteiger partial charge < -0.3 is 4.74 Å². The molecule has 3 heteroatoms. The van der Waals surface area contributed by atoms with E-state index in [1.165, 1.54) is 25.7 Å². The highest BCUT2D eigenvalue weighted by atomic mass is 16.5. The van der Waals surface area contributed by atoms with E-state index in [1.807, 2.05) is 18.2 Å². The first-order chi connectivity index (χ1) is 8.34. The molecule has 0 bridgehead atoms. The number of aromatic nitrogens is 1. The molecule has 1 aromatic rings. The van der Waals surface area contributed by atoms with Crippen molar-refractivity contribution in [1.29, 1.82) is 0 Å². The first-order valence-electron chi connectivity index (χ1n) is 6.44. The van der Waals surface area contributed by atoms with Crippen LogP contribution in [0.25, 0.3) is 0 Å². The molecule has 0 unspecified atom stereocenters. The average Bonchev–Trinajstić information content (AvgIpc) is 2.59. The molecule has 1 aliphatic carbocycles. The largest absolute Gasteiger partial charge is 0.462 e. The SMILES string of the molecule is O=C(Cc1ccccn1)OC1CCCCCC1. The molecule has 0 amide bonds. The van der Waals surface area contributed by atoms with E-state index < -0.39 is 0 Å². The maximum atomic E-state index is 11.7. The number of nitrogens with zero attached hydrogens (tertiary/aromatic N) is 1. The van der Waals surface area contributed by atoms with Crippen molar-refractivity contribution in [3.63, 3.8) is 0 Å². The van der Waals surface area contributed by atoms with Crippen LogP contribution in [0.4, 0.5) is 0 Å². The molecule has 3 nitrogen and oxygen atoms in total. The molecule has 1 heterocycles. The molecule has 92 valence electrons. The van der Waals surface area contributed by atoms with Gasteiger partial charge in [-0.15, -0.1) is 0 Å². The van der Waals surface area contributed by atoms with Crippen molar-refractivity contribution >= 4 is 5.97 Å². The van der Waals surface area contributed by atoms with Crippen LogP contribution in [0.2, 0.25) is 0 Å². The first kappa shape index (κ1) is 12.1. The lowest BCUT2D eigenvalue weighted by Crippen LogP contribution is -2.19. The monoisotopic (exact) mass is 233 g/mol. The van der Waals surface area contributed by atoms with Crippen molar-refractivity contribution < 1.29 is 9.53 Å². The lowest BCUT2D eigenvalue weighted by molar-refractivity contribution is -0.148. The molecule has 0 radical (unpaired) electrons. The number of hydrogen-bond donors (Lipinski definition) is 0. The lowest BCUT2D eigenvalue weighted by atomic mass is 10.1. The molecule has 1 aromatic heterocycles. The average molecular weight is 233 g/mol. The fraction of sp³-hybridized carbons (Fsp3) is 0.571. The zero-order chi connectivity index (χ0) is 11.9. The summed E-state index contributed by atoms with van der Waals surface area (Å²) in [5.41, 5.74) is 0.783. The van der Waals surface area contributed by atoms with Crippen LogP contribution >= 0.6 is 0 Å². The second kappa shape index (κ2) is 6.38. The van der Waals surface area contributed by atoms with Crippen molar-refractivity contribution in [2.45, 2.75) is 51.0 Å². The van der Waals surface area contributed by atoms with E-state index in [9.17, 15) is 4.79 Å². The number of esters is 1. The van der Waals surface area contributed by atoms with Crippen LogP contribution in [-0.2, 0) is 16.0 Å². The Morgan fingerprint density at radius 1 is 1.24 bits per heavy atom. The standard InChI is InChI=1S/C14H19NO2/c16-14(11-12-7-5-6-10-15-12)17-13-8-3-1-2-4-9-13/h5-7,10,13H,1-4,8-9,11H2. The molecule has 0 N–H and O–H groups in total. The van der Waals surface area contributed by atoms with Crippen LogP contribution in [0, 0.1) is 0 Å². The Balaban J connectivity index is 1.80. The number of hydrogen-bond acceptors (Lipinski definition) is 3. The summed E-state index contributed by atoms with van der Waals surface area (Å²) in [5, 5.41) is 0. The predicted molar refractivity (Wildman–Crippen MR) is 65.5 cm³/mol. The third-order valence-corrected chi connectivity index (χ3v) is 3.15. The second-order valence-corrected chi connectivity index (χ2v) is 4.60. The first-order valence-corrected chi connectivity index (χ1v) is 6.44. The Bertz CT molecular complexity index is 342. The van der Waals surface area contributed by atoms with Gasteiger partial charge in [0, 0.05) is 6.20 Å². The number of rotatable bonds is 3. The van der Waals surface area contributed by atoms with E-state index in [1.54, 1.807) is 6.20 Å². The third-order valence-electron chi connectivity index (χ3n) is 3.15. The minimum absolute atomic E-state index is 0.133. The van der Waals surface area contributed by atoms with E-state index in [-0.39, 0.29) is 18.5 Å². The predicted octanol–water partition coefficient (Wildman–Crippen LogP) is 2.89. The summed E-state index contributed by atoms with van der Waals surface area (Å²) >= 11 is 0. The summed E-state index contributed by atoms with van der Waals surface area (Å²) in [7, 11) is 0. The number of carbonyl (C=O) groups is 1. The second-order valence-electron chi connectivity index (χ2n) is 4.60. The Hall–Kier alpha value is -1.38. The van der Waals surface area contributed by atoms with E-state index >= 15 is 0 Å². The molecule has 1 fully saturated rings. The summed E-state index contributed by atoms with van der Waals surface area (Å²) in [5.74, 6) is -0.143. The number of pyridine rings is 1. The van der Waals surface area contributed by atoms with Crippen molar-refractivity contribution in [1.82, 2.24) is 4.98 Å². The zero-order valence-corrected chi connectivity index (χ0v) is 10.1. The van der Waals surface area contributed by atoms with Gasteiger partial charge in [-0.05, 0) is 37.8 Å². The molecule has 0 aromatic carbocycles. The summed E-state index contributed by atoms with van der Waals surface area (Å²) in [6.45, 7) is 0. The topological polar surface area (TPSA) is 39.2 Å². The van der Waals surface area contributed by atoms with Crippen LogP contribution in [-0.4, -0.2) is 17.1 Å². The minimum Gasteiger partial charge on any atom is -0.462 e. The van der Waals surface area contributed by atoms with Crippen molar-refractivity contribution in [3.8, 4) is 0 Å². The molecule has 1 aliphatic rings. The Morgan fingerprint density at radius 2 is 2.00 bits per heavy atom. The van der Waals surface area contributed by atoms with Crippen LogP contribution < -0.4 is 0 Å². The highest BCUT2D eigenvalue weighted by molar-refractivity contribution is 5.72. The van der Waals surface area contributed by atoms with E-state index in [0.717, 1.165) is 18.5 Å². The van der Waals surface area contributed by atoms with Gasteiger partial charge in [-0.1, -0.05) is 18.9 Å². The molecule has 0 atom stereocenters. The van der Waals surface area contributed by atoms with Gasteiger partial charge in [-0.3, -0.25) is 9.78 Å². The minimum atomic E-state index is -0.143. The van der Waals surface area contributed by atoms with Crippen LogP contribution in [0.3, 0.4) is 0 Å². The molecule has 2 rings (SSSR count). The maximum absolute atomic E-state index is 11.7. The van der Waals surface area contributed by atoms with Crippen LogP contribution in [0.15, 0.2) is 24.4 Å². The highest BCUT2D eigenvalue weighted by Gasteiger charge is 2.16.